The first-order chi connectivity index (χ1) is 8.54. The highest BCUT2D eigenvalue weighted by Gasteiger charge is 2.00. The summed E-state index contributed by atoms with van der Waals surface area (Å²) < 4.78 is 0. The lowest BCUT2D eigenvalue weighted by atomic mass is 10.0. The van der Waals surface area contributed by atoms with Crippen LogP contribution in [0.1, 0.15) is 37.5 Å². The van der Waals surface area contributed by atoms with Gasteiger partial charge in [0.05, 0.1) is 0 Å². The Morgan fingerprint density at radius 3 is 2.67 bits per heavy atom. The average Bonchev–Trinajstić information content (AvgIpc) is 2.34. The molecule has 0 aliphatic rings. The molecular formula is C16H24N2. The number of nitrogens with two attached hydrogens (primary N) is 1. The van der Waals surface area contributed by atoms with E-state index in [-0.39, 0.29) is 0 Å². The van der Waals surface area contributed by atoms with Crippen LogP contribution in [0, 0.1) is 12.8 Å². The summed E-state index contributed by atoms with van der Waals surface area (Å²) in [5.41, 5.74) is 10.6. The van der Waals surface area contributed by atoms with Crippen LogP contribution in [0.3, 0.4) is 0 Å². The molecule has 0 bridgehead atoms. The van der Waals surface area contributed by atoms with Crippen LogP contribution in [0.15, 0.2) is 29.3 Å². The van der Waals surface area contributed by atoms with Gasteiger partial charge in [-0.3, -0.25) is 4.99 Å². The van der Waals surface area contributed by atoms with E-state index in [9.17, 15) is 0 Å². The van der Waals surface area contributed by atoms with Crippen molar-refractivity contribution in [1.82, 2.24) is 0 Å². The summed E-state index contributed by atoms with van der Waals surface area (Å²) in [6, 6.07) is 6.37. The summed E-state index contributed by atoms with van der Waals surface area (Å²) in [5, 5.41) is 0. The average molecular weight is 244 g/mol. The molecule has 0 aromatic heterocycles. The van der Waals surface area contributed by atoms with Gasteiger partial charge in [0.15, 0.2) is 0 Å². The smallest absolute Gasteiger partial charge is 0.0412 e. The van der Waals surface area contributed by atoms with E-state index in [1.807, 2.05) is 6.08 Å². The summed E-state index contributed by atoms with van der Waals surface area (Å²) in [4.78, 5) is 4.31. The van der Waals surface area contributed by atoms with E-state index in [1.165, 1.54) is 11.1 Å². The highest BCUT2D eigenvalue weighted by molar-refractivity contribution is 5.83. The van der Waals surface area contributed by atoms with Crippen molar-refractivity contribution < 1.29 is 0 Å². The molecule has 2 N–H and O–H groups in total. The lowest BCUT2D eigenvalue weighted by Gasteiger charge is -2.06. The van der Waals surface area contributed by atoms with Crippen molar-refractivity contribution in [1.29, 1.82) is 0 Å². The Balaban J connectivity index is 2.77. The van der Waals surface area contributed by atoms with Crippen LogP contribution in [0.5, 0.6) is 0 Å². The van der Waals surface area contributed by atoms with Gasteiger partial charge in [-0.15, -0.1) is 0 Å². The minimum Gasteiger partial charge on any atom is -0.398 e. The number of aliphatic imine (C=N–C) groups is 1. The fourth-order valence-electron chi connectivity index (χ4n) is 1.77. The fourth-order valence-corrected chi connectivity index (χ4v) is 1.77. The number of benzene rings is 1. The number of aryl methyl sites for hydroxylation is 2. The molecule has 0 atom stereocenters. The Labute approximate surface area is 111 Å². The second-order valence-electron chi connectivity index (χ2n) is 5.02. The molecule has 2 heteroatoms. The zero-order valence-electron chi connectivity index (χ0n) is 11.9. The zero-order chi connectivity index (χ0) is 13.5. The van der Waals surface area contributed by atoms with Gasteiger partial charge in [-0.1, -0.05) is 32.9 Å². The van der Waals surface area contributed by atoms with Gasteiger partial charge in [-0.25, -0.2) is 0 Å². The summed E-state index contributed by atoms with van der Waals surface area (Å²) in [7, 11) is 0. The van der Waals surface area contributed by atoms with Crippen LogP contribution in [0.4, 0.5) is 0 Å². The molecule has 98 valence electrons. The van der Waals surface area contributed by atoms with Crippen LogP contribution in [0.25, 0.3) is 5.70 Å². The maximum absolute atomic E-state index is 6.04. The summed E-state index contributed by atoms with van der Waals surface area (Å²) in [5.74, 6) is 0.585. The van der Waals surface area contributed by atoms with Gasteiger partial charge in [-0.05, 0) is 48.1 Å². The number of hydrogen-bond acceptors (Lipinski definition) is 2. The maximum Gasteiger partial charge on any atom is 0.0412 e. The van der Waals surface area contributed by atoms with Gasteiger partial charge in [-0.2, -0.15) is 0 Å². The molecule has 0 unspecified atom stereocenters. The molecule has 0 radical (unpaired) electrons. The lowest BCUT2D eigenvalue weighted by molar-refractivity contribution is 0.667. The molecule has 1 rings (SSSR count). The first kappa shape index (κ1) is 14.5. The summed E-state index contributed by atoms with van der Waals surface area (Å²) in [6.45, 7) is 9.44. The predicted molar refractivity (Wildman–Crippen MR) is 80.9 cm³/mol. The molecule has 18 heavy (non-hydrogen) atoms. The van der Waals surface area contributed by atoms with E-state index in [0.29, 0.717) is 5.92 Å². The standard InChI is InChI=1S/C16H24N2/c1-5-14-6-7-15(10-13(14)4)16(17)8-9-18-11-12(2)3/h6-10,12H,5,11,17H2,1-4H3. The molecule has 0 spiro atoms. The Morgan fingerprint density at radius 1 is 1.39 bits per heavy atom. The van der Waals surface area contributed by atoms with Crippen molar-refractivity contribution in [2.45, 2.75) is 34.1 Å². The molecule has 0 amide bonds. The van der Waals surface area contributed by atoms with Crippen LogP contribution in [0.2, 0.25) is 0 Å². The minimum atomic E-state index is 0.585. The molecule has 2 nitrogen and oxygen atoms in total. The summed E-state index contributed by atoms with van der Waals surface area (Å²) in [6.07, 6.45) is 4.74. The van der Waals surface area contributed by atoms with Crippen molar-refractivity contribution in [3.8, 4) is 0 Å². The summed E-state index contributed by atoms with van der Waals surface area (Å²) >= 11 is 0. The van der Waals surface area contributed by atoms with Crippen LogP contribution < -0.4 is 5.73 Å². The third-order valence-electron chi connectivity index (χ3n) is 2.89. The van der Waals surface area contributed by atoms with Gasteiger partial charge in [0.1, 0.15) is 0 Å². The molecule has 0 saturated carbocycles. The third kappa shape index (κ3) is 4.36. The fraction of sp³-hybridized carbons (Fsp3) is 0.438. The molecule has 1 aromatic rings. The Bertz CT molecular complexity index is 442. The van der Waals surface area contributed by atoms with Gasteiger partial charge in [0.25, 0.3) is 0 Å². The Morgan fingerprint density at radius 2 is 2.11 bits per heavy atom. The predicted octanol–water partition coefficient (Wildman–Crippen LogP) is 3.58. The SMILES string of the molecule is CCc1ccc(C(N)=CC=NCC(C)C)cc1C. The van der Waals surface area contributed by atoms with Crippen LogP contribution in [-0.4, -0.2) is 12.8 Å². The number of allylic oxidation sites excluding steroid dienone is 1. The monoisotopic (exact) mass is 244 g/mol. The molecular weight excluding hydrogens is 220 g/mol. The highest BCUT2D eigenvalue weighted by atomic mass is 14.7. The quantitative estimate of drug-likeness (QED) is 0.790. The van der Waals surface area contributed by atoms with Gasteiger partial charge in [0.2, 0.25) is 0 Å². The molecule has 0 heterocycles. The van der Waals surface area contributed by atoms with E-state index in [4.69, 9.17) is 5.73 Å². The van der Waals surface area contributed by atoms with Crippen molar-refractivity contribution in [3.63, 3.8) is 0 Å². The van der Waals surface area contributed by atoms with Gasteiger partial charge in [0, 0.05) is 18.5 Å². The molecule has 0 aliphatic heterocycles. The Hall–Kier alpha value is -1.57. The minimum absolute atomic E-state index is 0.585. The lowest BCUT2D eigenvalue weighted by Crippen LogP contribution is -1.99. The number of nitrogens with zero attached hydrogens (tertiary/aromatic N) is 1. The number of rotatable bonds is 5. The van der Waals surface area contributed by atoms with E-state index >= 15 is 0 Å². The molecule has 0 aliphatic carbocycles. The topological polar surface area (TPSA) is 38.4 Å². The Kier molecular flexibility index (Phi) is 5.63. The molecule has 0 saturated heterocycles. The van der Waals surface area contributed by atoms with Crippen molar-refractivity contribution in [3.05, 3.63) is 41.0 Å². The first-order valence-corrected chi connectivity index (χ1v) is 6.60. The van der Waals surface area contributed by atoms with E-state index in [2.05, 4.69) is 50.9 Å². The van der Waals surface area contributed by atoms with E-state index < -0.39 is 0 Å². The van der Waals surface area contributed by atoms with Crippen molar-refractivity contribution in [2.75, 3.05) is 6.54 Å². The van der Waals surface area contributed by atoms with Crippen molar-refractivity contribution >= 4 is 11.9 Å². The number of hydrogen-bond donors (Lipinski definition) is 1. The second kappa shape index (κ2) is 7.00. The largest absolute Gasteiger partial charge is 0.398 e. The van der Waals surface area contributed by atoms with Crippen molar-refractivity contribution in [2.24, 2.45) is 16.6 Å². The normalized spacial score (nSPS) is 12.6. The third-order valence-corrected chi connectivity index (χ3v) is 2.89. The highest BCUT2D eigenvalue weighted by Crippen LogP contribution is 2.15. The molecule has 1 aromatic carbocycles. The van der Waals surface area contributed by atoms with Crippen LogP contribution in [-0.2, 0) is 6.42 Å². The van der Waals surface area contributed by atoms with Crippen LogP contribution >= 0.6 is 0 Å². The first-order valence-electron chi connectivity index (χ1n) is 6.60. The van der Waals surface area contributed by atoms with Gasteiger partial charge >= 0.3 is 0 Å². The van der Waals surface area contributed by atoms with E-state index in [1.54, 1.807) is 6.21 Å². The second-order valence-corrected chi connectivity index (χ2v) is 5.02. The van der Waals surface area contributed by atoms with Gasteiger partial charge < -0.3 is 5.73 Å². The van der Waals surface area contributed by atoms with E-state index in [0.717, 1.165) is 24.2 Å². The maximum atomic E-state index is 6.04. The molecule has 0 fully saturated rings. The zero-order valence-corrected chi connectivity index (χ0v) is 11.9.